The van der Waals surface area contributed by atoms with Crippen LogP contribution in [-0.2, 0) is 0 Å². The lowest BCUT2D eigenvalue weighted by Gasteiger charge is -2.05. The van der Waals surface area contributed by atoms with Crippen molar-refractivity contribution in [2.75, 3.05) is 0 Å². The maximum Gasteiger partial charge on any atom is 0.328 e. The molecule has 3 aromatic heterocycles. The summed E-state index contributed by atoms with van der Waals surface area (Å²) in [6, 6.07) is 5.31. The summed E-state index contributed by atoms with van der Waals surface area (Å²) >= 11 is 5.83. The van der Waals surface area contributed by atoms with Gasteiger partial charge in [0.1, 0.15) is 5.75 Å². The van der Waals surface area contributed by atoms with Crippen molar-refractivity contribution in [3.63, 3.8) is 0 Å². The molecular weight excluding hydrogens is 268 g/mol. The second-order valence-corrected chi connectivity index (χ2v) is 3.77. The third kappa shape index (κ3) is 2.66. The van der Waals surface area contributed by atoms with Crippen LogP contribution in [0.4, 0.5) is 0 Å². The van der Waals surface area contributed by atoms with Crippen LogP contribution in [0, 0.1) is 0 Å². The van der Waals surface area contributed by atoms with E-state index in [1.54, 1.807) is 43.0 Å². The van der Waals surface area contributed by atoms with Gasteiger partial charge in [-0.05, 0) is 29.8 Å². The number of nitrogens with zero attached hydrogens (tertiary/aromatic N) is 6. The number of ether oxygens (including phenoxy) is 1. The van der Waals surface area contributed by atoms with E-state index in [-0.39, 0.29) is 17.2 Å². The van der Waals surface area contributed by atoms with Gasteiger partial charge in [0, 0.05) is 18.6 Å². The summed E-state index contributed by atoms with van der Waals surface area (Å²) in [6.45, 7) is 0. The molecule has 0 aliphatic rings. The minimum atomic E-state index is 0.0272. The molecule has 3 aromatic rings. The molecule has 0 saturated carbocycles. The van der Waals surface area contributed by atoms with Gasteiger partial charge in [-0.2, -0.15) is 20.1 Å². The SMILES string of the molecule is Clc1nc(Oc2cccnc2)nc(-n2cccn2)n1. The van der Waals surface area contributed by atoms with Crippen LogP contribution >= 0.6 is 11.6 Å². The third-order valence-electron chi connectivity index (χ3n) is 2.13. The fourth-order valence-electron chi connectivity index (χ4n) is 1.37. The molecule has 0 N–H and O–H groups in total. The summed E-state index contributed by atoms with van der Waals surface area (Å²) in [5.74, 6) is 0.792. The summed E-state index contributed by atoms with van der Waals surface area (Å²) in [4.78, 5) is 15.9. The van der Waals surface area contributed by atoms with Gasteiger partial charge in [-0.1, -0.05) is 0 Å². The second kappa shape index (κ2) is 4.99. The van der Waals surface area contributed by atoms with Gasteiger partial charge in [-0.15, -0.1) is 0 Å². The molecule has 3 rings (SSSR count). The number of hydrogen-bond acceptors (Lipinski definition) is 6. The van der Waals surface area contributed by atoms with E-state index in [4.69, 9.17) is 16.3 Å². The Morgan fingerprint density at radius 3 is 2.79 bits per heavy atom. The molecule has 0 radical (unpaired) electrons. The van der Waals surface area contributed by atoms with Gasteiger partial charge in [0.25, 0.3) is 5.95 Å². The largest absolute Gasteiger partial charge is 0.422 e. The van der Waals surface area contributed by atoms with E-state index in [0.29, 0.717) is 5.75 Å². The first-order chi connectivity index (χ1) is 9.31. The average Bonchev–Trinajstić information content (AvgIpc) is 2.93. The summed E-state index contributed by atoms with van der Waals surface area (Å²) in [5, 5.41) is 4.04. The highest BCUT2D eigenvalue weighted by Gasteiger charge is 2.09. The van der Waals surface area contributed by atoms with Gasteiger partial charge < -0.3 is 4.74 Å². The van der Waals surface area contributed by atoms with Crippen LogP contribution in [-0.4, -0.2) is 29.7 Å². The maximum atomic E-state index is 5.83. The Hall–Kier alpha value is -2.54. The zero-order valence-corrected chi connectivity index (χ0v) is 10.3. The topological polar surface area (TPSA) is 78.6 Å². The van der Waals surface area contributed by atoms with Gasteiger partial charge in [0.05, 0.1) is 6.20 Å². The summed E-state index contributed by atoms with van der Waals surface area (Å²) < 4.78 is 6.91. The van der Waals surface area contributed by atoms with Crippen molar-refractivity contribution in [2.24, 2.45) is 0 Å². The molecule has 0 saturated heterocycles. The smallest absolute Gasteiger partial charge is 0.328 e. The summed E-state index contributed by atoms with van der Waals surface area (Å²) in [6.07, 6.45) is 6.49. The molecule has 0 bridgehead atoms. The lowest BCUT2D eigenvalue weighted by atomic mass is 10.5. The minimum absolute atomic E-state index is 0.0272. The van der Waals surface area contributed by atoms with E-state index in [1.807, 2.05) is 0 Å². The normalized spacial score (nSPS) is 10.4. The van der Waals surface area contributed by atoms with Crippen LogP contribution in [0.25, 0.3) is 5.95 Å². The molecule has 0 fully saturated rings. The van der Waals surface area contributed by atoms with Crippen LogP contribution < -0.4 is 4.74 Å². The van der Waals surface area contributed by atoms with Crippen molar-refractivity contribution >= 4 is 11.6 Å². The number of hydrogen-bond donors (Lipinski definition) is 0. The molecule has 19 heavy (non-hydrogen) atoms. The Bertz CT molecular complexity index is 673. The molecular formula is C11H7ClN6O. The first kappa shape index (κ1) is 11.5. The Labute approximate surface area is 112 Å². The molecule has 94 valence electrons. The number of aromatic nitrogens is 6. The summed E-state index contributed by atoms with van der Waals surface area (Å²) in [5.41, 5.74) is 0. The van der Waals surface area contributed by atoms with Gasteiger partial charge in [0.2, 0.25) is 5.28 Å². The van der Waals surface area contributed by atoms with E-state index in [1.165, 1.54) is 4.68 Å². The van der Waals surface area contributed by atoms with Gasteiger partial charge in [-0.25, -0.2) is 4.68 Å². The lowest BCUT2D eigenvalue weighted by molar-refractivity contribution is 0.435. The van der Waals surface area contributed by atoms with Gasteiger partial charge >= 0.3 is 6.01 Å². The van der Waals surface area contributed by atoms with Gasteiger partial charge in [-0.3, -0.25) is 4.98 Å². The Morgan fingerprint density at radius 1 is 1.11 bits per heavy atom. The Morgan fingerprint density at radius 2 is 2.05 bits per heavy atom. The predicted octanol–water partition coefficient (Wildman–Crippen LogP) is 1.90. The van der Waals surface area contributed by atoms with Crippen molar-refractivity contribution in [3.05, 3.63) is 48.3 Å². The predicted molar refractivity (Wildman–Crippen MR) is 66.3 cm³/mol. The second-order valence-electron chi connectivity index (χ2n) is 3.43. The molecule has 8 heteroatoms. The molecule has 0 spiro atoms. The van der Waals surface area contributed by atoms with Gasteiger partial charge in [0.15, 0.2) is 0 Å². The standard InChI is InChI=1S/C11H7ClN6O/c12-9-15-10(18-6-2-5-14-18)17-11(16-9)19-8-3-1-4-13-7-8/h1-7H. The first-order valence-electron chi connectivity index (χ1n) is 5.31. The Kier molecular flexibility index (Phi) is 3.03. The van der Waals surface area contributed by atoms with E-state index in [2.05, 4.69) is 25.0 Å². The minimum Gasteiger partial charge on any atom is -0.422 e. The highest BCUT2D eigenvalue weighted by Crippen LogP contribution is 2.17. The van der Waals surface area contributed by atoms with Crippen molar-refractivity contribution in [2.45, 2.75) is 0 Å². The summed E-state index contributed by atoms with van der Waals surface area (Å²) in [7, 11) is 0. The van der Waals surface area contributed by atoms with Crippen LogP contribution in [0.5, 0.6) is 11.8 Å². The fraction of sp³-hybridized carbons (Fsp3) is 0. The van der Waals surface area contributed by atoms with E-state index >= 15 is 0 Å². The zero-order valence-electron chi connectivity index (χ0n) is 9.51. The molecule has 0 amide bonds. The van der Waals surface area contributed by atoms with Crippen molar-refractivity contribution in [1.29, 1.82) is 0 Å². The average molecular weight is 275 g/mol. The quantitative estimate of drug-likeness (QED) is 0.726. The number of rotatable bonds is 3. The number of halogens is 1. The maximum absolute atomic E-state index is 5.83. The third-order valence-corrected chi connectivity index (χ3v) is 2.30. The van der Waals surface area contributed by atoms with Crippen molar-refractivity contribution < 1.29 is 4.74 Å². The molecule has 3 heterocycles. The van der Waals surface area contributed by atoms with Crippen LogP contribution in [0.2, 0.25) is 5.28 Å². The molecule has 0 aliphatic carbocycles. The monoisotopic (exact) mass is 274 g/mol. The molecule has 7 nitrogen and oxygen atoms in total. The van der Waals surface area contributed by atoms with E-state index in [0.717, 1.165) is 0 Å². The molecule has 0 aliphatic heterocycles. The Balaban J connectivity index is 1.94. The van der Waals surface area contributed by atoms with E-state index in [9.17, 15) is 0 Å². The first-order valence-corrected chi connectivity index (χ1v) is 5.68. The molecule has 0 atom stereocenters. The fourth-order valence-corrected chi connectivity index (χ4v) is 1.52. The number of pyridine rings is 1. The van der Waals surface area contributed by atoms with Crippen LogP contribution in [0.3, 0.4) is 0 Å². The van der Waals surface area contributed by atoms with Crippen molar-refractivity contribution in [1.82, 2.24) is 29.7 Å². The highest BCUT2D eigenvalue weighted by atomic mass is 35.5. The zero-order chi connectivity index (χ0) is 13.1. The van der Waals surface area contributed by atoms with Crippen molar-refractivity contribution in [3.8, 4) is 17.7 Å². The molecule has 0 aromatic carbocycles. The van der Waals surface area contributed by atoms with E-state index < -0.39 is 0 Å². The van der Waals surface area contributed by atoms with Crippen LogP contribution in [0.15, 0.2) is 43.0 Å². The lowest BCUT2D eigenvalue weighted by Crippen LogP contribution is -2.05. The van der Waals surface area contributed by atoms with Crippen LogP contribution in [0.1, 0.15) is 0 Å². The molecule has 0 unspecified atom stereocenters. The highest BCUT2D eigenvalue weighted by molar-refractivity contribution is 6.28.